The number of nitrogens with one attached hydrogen (secondary N) is 1. The molecule has 2 aliphatic heterocycles. The lowest BCUT2D eigenvalue weighted by atomic mass is 10.00. The van der Waals surface area contributed by atoms with Crippen molar-refractivity contribution in [3.8, 4) is 0 Å². The first-order chi connectivity index (χ1) is 9.28. The van der Waals surface area contributed by atoms with Crippen molar-refractivity contribution >= 4 is 9.84 Å². The summed E-state index contributed by atoms with van der Waals surface area (Å²) in [5.74, 6) is 0.694. The summed E-state index contributed by atoms with van der Waals surface area (Å²) in [5, 5.41) is 3.59. The van der Waals surface area contributed by atoms with Crippen LogP contribution < -0.4 is 5.32 Å². The van der Waals surface area contributed by atoms with E-state index in [2.05, 4.69) is 36.0 Å². The Bertz CT molecular complexity index is 400. The van der Waals surface area contributed by atoms with Gasteiger partial charge in [-0.2, -0.15) is 0 Å². The van der Waals surface area contributed by atoms with Gasteiger partial charge in [0.2, 0.25) is 0 Å². The standard InChI is InChI=1S/C14H29N3O2S/c1-14(2,17-8-6-16(3)7-9-17)12-15-13-4-10-20(18,19)11-5-13/h13,15H,4-12H2,1-3H3. The van der Waals surface area contributed by atoms with Gasteiger partial charge in [-0.15, -0.1) is 0 Å². The van der Waals surface area contributed by atoms with Crippen LogP contribution in [-0.4, -0.2) is 81.1 Å². The fourth-order valence-electron chi connectivity index (χ4n) is 3.01. The fraction of sp³-hybridized carbons (Fsp3) is 1.00. The average Bonchev–Trinajstić information content (AvgIpc) is 2.38. The van der Waals surface area contributed by atoms with E-state index in [1.807, 2.05) is 0 Å². The molecule has 118 valence electrons. The highest BCUT2D eigenvalue weighted by Gasteiger charge is 2.30. The number of piperazine rings is 1. The van der Waals surface area contributed by atoms with Crippen LogP contribution in [0.15, 0.2) is 0 Å². The maximum absolute atomic E-state index is 11.4. The van der Waals surface area contributed by atoms with Crippen molar-refractivity contribution < 1.29 is 8.42 Å². The van der Waals surface area contributed by atoms with Crippen LogP contribution >= 0.6 is 0 Å². The molecule has 2 rings (SSSR count). The molecule has 0 radical (unpaired) electrons. The first-order valence-electron chi connectivity index (χ1n) is 7.66. The van der Waals surface area contributed by atoms with Gasteiger partial charge in [-0.25, -0.2) is 8.42 Å². The first kappa shape index (κ1) is 16.2. The number of likely N-dealkylation sites (N-methyl/N-ethyl adjacent to an activating group) is 1. The Kier molecular flexibility index (Phi) is 5.10. The van der Waals surface area contributed by atoms with Crippen molar-refractivity contribution in [2.75, 3.05) is 51.3 Å². The summed E-state index contributed by atoms with van der Waals surface area (Å²) in [6.45, 7) is 9.99. The molecular formula is C14H29N3O2S. The molecule has 2 aliphatic rings. The Morgan fingerprint density at radius 1 is 1.10 bits per heavy atom. The summed E-state index contributed by atoms with van der Waals surface area (Å²) < 4.78 is 22.9. The van der Waals surface area contributed by atoms with Gasteiger partial charge in [-0.05, 0) is 33.7 Å². The van der Waals surface area contributed by atoms with Gasteiger partial charge in [0.1, 0.15) is 9.84 Å². The van der Waals surface area contributed by atoms with E-state index in [0.29, 0.717) is 17.5 Å². The second-order valence-electron chi connectivity index (χ2n) is 6.91. The van der Waals surface area contributed by atoms with Crippen LogP contribution in [0.4, 0.5) is 0 Å². The number of rotatable bonds is 4. The molecule has 6 heteroatoms. The quantitative estimate of drug-likeness (QED) is 0.803. The fourth-order valence-corrected chi connectivity index (χ4v) is 4.50. The number of hydrogen-bond acceptors (Lipinski definition) is 5. The molecule has 0 amide bonds. The van der Waals surface area contributed by atoms with Crippen molar-refractivity contribution in [1.29, 1.82) is 0 Å². The van der Waals surface area contributed by atoms with Crippen molar-refractivity contribution in [2.45, 2.75) is 38.3 Å². The topological polar surface area (TPSA) is 52.6 Å². The maximum Gasteiger partial charge on any atom is 0.150 e. The van der Waals surface area contributed by atoms with Crippen LogP contribution in [0.5, 0.6) is 0 Å². The van der Waals surface area contributed by atoms with Gasteiger partial charge in [-0.1, -0.05) is 0 Å². The normalized spacial score (nSPS) is 26.8. The lowest BCUT2D eigenvalue weighted by Gasteiger charge is -2.44. The summed E-state index contributed by atoms with van der Waals surface area (Å²) in [6.07, 6.45) is 1.53. The molecule has 0 aromatic carbocycles. The van der Waals surface area contributed by atoms with E-state index in [9.17, 15) is 8.42 Å². The minimum Gasteiger partial charge on any atom is -0.312 e. The summed E-state index contributed by atoms with van der Waals surface area (Å²) in [6, 6.07) is 0.366. The van der Waals surface area contributed by atoms with Gasteiger partial charge in [0.05, 0.1) is 11.5 Å². The molecule has 0 atom stereocenters. The highest BCUT2D eigenvalue weighted by molar-refractivity contribution is 7.91. The third-order valence-corrected chi connectivity index (χ3v) is 6.45. The molecule has 0 saturated carbocycles. The Labute approximate surface area is 123 Å². The molecule has 0 bridgehead atoms. The Morgan fingerprint density at radius 3 is 2.20 bits per heavy atom. The van der Waals surface area contributed by atoms with Crippen LogP contribution in [0, 0.1) is 0 Å². The monoisotopic (exact) mass is 303 g/mol. The molecule has 0 spiro atoms. The Morgan fingerprint density at radius 2 is 1.65 bits per heavy atom. The van der Waals surface area contributed by atoms with E-state index in [1.165, 1.54) is 0 Å². The van der Waals surface area contributed by atoms with Crippen LogP contribution in [-0.2, 0) is 9.84 Å². The second-order valence-corrected chi connectivity index (χ2v) is 9.21. The molecule has 2 saturated heterocycles. The summed E-state index contributed by atoms with van der Waals surface area (Å²) >= 11 is 0. The van der Waals surface area contributed by atoms with Crippen LogP contribution in [0.1, 0.15) is 26.7 Å². The average molecular weight is 303 g/mol. The molecule has 2 fully saturated rings. The molecule has 2 heterocycles. The predicted octanol–water partition coefficient (Wildman–Crippen LogP) is 0.179. The zero-order valence-electron chi connectivity index (χ0n) is 13.1. The third kappa shape index (κ3) is 4.41. The number of hydrogen-bond donors (Lipinski definition) is 1. The van der Waals surface area contributed by atoms with Gasteiger partial charge in [-0.3, -0.25) is 4.90 Å². The van der Waals surface area contributed by atoms with Crippen molar-refractivity contribution in [3.05, 3.63) is 0 Å². The van der Waals surface area contributed by atoms with Crippen molar-refractivity contribution in [1.82, 2.24) is 15.1 Å². The molecule has 0 aliphatic carbocycles. The molecule has 0 aromatic rings. The summed E-state index contributed by atoms with van der Waals surface area (Å²) in [7, 11) is -0.580. The van der Waals surface area contributed by atoms with Crippen LogP contribution in [0.3, 0.4) is 0 Å². The maximum atomic E-state index is 11.4. The molecule has 5 nitrogen and oxygen atoms in total. The summed E-state index contributed by atoms with van der Waals surface area (Å²) in [4.78, 5) is 4.91. The minimum absolute atomic E-state index is 0.136. The van der Waals surface area contributed by atoms with Gasteiger partial charge < -0.3 is 10.2 Å². The molecule has 0 unspecified atom stereocenters. The molecular weight excluding hydrogens is 274 g/mol. The molecule has 0 aromatic heterocycles. The Hall–Kier alpha value is -0.170. The van der Waals surface area contributed by atoms with Gasteiger partial charge >= 0.3 is 0 Å². The van der Waals surface area contributed by atoms with Gasteiger partial charge in [0.25, 0.3) is 0 Å². The van der Waals surface area contributed by atoms with Gasteiger partial charge in [0.15, 0.2) is 0 Å². The van der Waals surface area contributed by atoms with E-state index >= 15 is 0 Å². The third-order valence-electron chi connectivity index (χ3n) is 4.74. The largest absolute Gasteiger partial charge is 0.312 e. The highest BCUT2D eigenvalue weighted by atomic mass is 32.2. The van der Waals surface area contributed by atoms with Crippen molar-refractivity contribution in [2.24, 2.45) is 0 Å². The van der Waals surface area contributed by atoms with Crippen LogP contribution in [0.25, 0.3) is 0 Å². The van der Waals surface area contributed by atoms with E-state index in [1.54, 1.807) is 0 Å². The van der Waals surface area contributed by atoms with Gasteiger partial charge in [0, 0.05) is 44.3 Å². The smallest absolute Gasteiger partial charge is 0.150 e. The summed E-state index contributed by atoms with van der Waals surface area (Å²) in [5.41, 5.74) is 0.136. The van der Waals surface area contributed by atoms with E-state index < -0.39 is 9.84 Å². The number of sulfone groups is 1. The lowest BCUT2D eigenvalue weighted by Crippen LogP contribution is -2.58. The van der Waals surface area contributed by atoms with E-state index in [0.717, 1.165) is 45.6 Å². The SMILES string of the molecule is CN1CCN(C(C)(C)CNC2CCS(=O)(=O)CC2)CC1. The van der Waals surface area contributed by atoms with E-state index in [4.69, 9.17) is 0 Å². The van der Waals surface area contributed by atoms with Crippen molar-refractivity contribution in [3.63, 3.8) is 0 Å². The number of nitrogens with zero attached hydrogens (tertiary/aromatic N) is 2. The highest BCUT2D eigenvalue weighted by Crippen LogP contribution is 2.18. The lowest BCUT2D eigenvalue weighted by molar-refractivity contribution is 0.0599. The minimum atomic E-state index is -2.75. The predicted molar refractivity (Wildman–Crippen MR) is 82.8 cm³/mol. The van der Waals surface area contributed by atoms with E-state index in [-0.39, 0.29) is 5.54 Å². The molecule has 1 N–H and O–H groups in total. The second kappa shape index (κ2) is 6.30. The zero-order chi connectivity index (χ0) is 14.8. The van der Waals surface area contributed by atoms with Crippen LogP contribution in [0.2, 0.25) is 0 Å². The first-order valence-corrected chi connectivity index (χ1v) is 9.48. The zero-order valence-corrected chi connectivity index (χ0v) is 13.9. The Balaban J connectivity index is 1.77. The molecule has 20 heavy (non-hydrogen) atoms.